The lowest BCUT2D eigenvalue weighted by Gasteiger charge is -2.27. The van der Waals surface area contributed by atoms with Crippen LogP contribution in [0.2, 0.25) is 0 Å². The van der Waals surface area contributed by atoms with Gasteiger partial charge in [-0.2, -0.15) is 4.31 Å². The first-order valence-corrected chi connectivity index (χ1v) is 12.6. The molecule has 168 valence electrons. The van der Waals surface area contributed by atoms with E-state index in [9.17, 15) is 13.2 Å². The van der Waals surface area contributed by atoms with Crippen molar-refractivity contribution in [2.75, 3.05) is 26.2 Å². The van der Waals surface area contributed by atoms with Crippen LogP contribution in [0.3, 0.4) is 0 Å². The lowest BCUT2D eigenvalue weighted by Crippen LogP contribution is -2.31. The van der Waals surface area contributed by atoms with Gasteiger partial charge in [0.15, 0.2) is 0 Å². The highest BCUT2D eigenvalue weighted by molar-refractivity contribution is 7.89. The molecule has 1 saturated heterocycles. The van der Waals surface area contributed by atoms with Crippen LogP contribution >= 0.6 is 0 Å². The summed E-state index contributed by atoms with van der Waals surface area (Å²) < 4.78 is 26.6. The van der Waals surface area contributed by atoms with Crippen LogP contribution in [0.4, 0.5) is 0 Å². The van der Waals surface area contributed by atoms with E-state index in [4.69, 9.17) is 0 Å². The Morgan fingerprint density at radius 2 is 1.55 bits per heavy atom. The van der Waals surface area contributed by atoms with Crippen molar-refractivity contribution in [1.82, 2.24) is 14.5 Å². The van der Waals surface area contributed by atoms with Crippen molar-refractivity contribution in [2.45, 2.75) is 51.1 Å². The maximum Gasteiger partial charge on any atom is 0.251 e. The zero-order chi connectivity index (χ0) is 22.3. The van der Waals surface area contributed by atoms with Crippen LogP contribution in [-0.4, -0.2) is 49.7 Å². The molecule has 0 bridgehead atoms. The van der Waals surface area contributed by atoms with E-state index in [0.717, 1.165) is 25.2 Å². The lowest BCUT2D eigenvalue weighted by atomic mass is 10.0. The van der Waals surface area contributed by atoms with Gasteiger partial charge in [0.2, 0.25) is 10.0 Å². The molecule has 0 spiro atoms. The fraction of sp³-hybridized carbons (Fsp3) is 0.458. The topological polar surface area (TPSA) is 69.7 Å². The number of hydrogen-bond acceptors (Lipinski definition) is 4. The van der Waals surface area contributed by atoms with E-state index in [-0.39, 0.29) is 10.8 Å². The van der Waals surface area contributed by atoms with E-state index < -0.39 is 10.0 Å². The van der Waals surface area contributed by atoms with Crippen LogP contribution in [0, 0.1) is 0 Å². The predicted octanol–water partition coefficient (Wildman–Crippen LogP) is 3.63. The Bertz CT molecular complexity index is 964. The molecule has 0 atom stereocenters. The number of benzene rings is 2. The summed E-state index contributed by atoms with van der Waals surface area (Å²) in [5.74, 6) is -0.209. The van der Waals surface area contributed by atoms with Gasteiger partial charge in [0, 0.05) is 31.7 Å². The van der Waals surface area contributed by atoms with E-state index in [1.54, 1.807) is 12.1 Å². The fourth-order valence-electron chi connectivity index (χ4n) is 4.01. The Kier molecular flexibility index (Phi) is 8.23. The number of amides is 1. The summed E-state index contributed by atoms with van der Waals surface area (Å²) in [5.41, 5.74) is 2.81. The summed E-state index contributed by atoms with van der Waals surface area (Å²) in [4.78, 5) is 15.3. The Hall–Kier alpha value is -2.22. The Morgan fingerprint density at radius 1 is 0.935 bits per heavy atom. The number of likely N-dealkylation sites (tertiary alicyclic amines) is 1. The average Bonchev–Trinajstić information content (AvgIpc) is 2.79. The molecule has 1 amide bonds. The van der Waals surface area contributed by atoms with Crippen molar-refractivity contribution in [2.24, 2.45) is 0 Å². The Balaban J connectivity index is 1.64. The molecule has 3 rings (SSSR count). The molecule has 1 aliphatic rings. The lowest BCUT2D eigenvalue weighted by molar-refractivity contribution is 0.0950. The van der Waals surface area contributed by atoms with Crippen molar-refractivity contribution in [3.8, 4) is 0 Å². The Labute approximate surface area is 186 Å². The maximum atomic E-state index is 12.6. The monoisotopic (exact) mass is 443 g/mol. The number of rotatable bonds is 9. The number of hydrogen-bond donors (Lipinski definition) is 1. The molecule has 7 heteroatoms. The second-order valence-corrected chi connectivity index (χ2v) is 9.84. The van der Waals surface area contributed by atoms with Crippen molar-refractivity contribution >= 4 is 15.9 Å². The minimum atomic E-state index is -3.52. The number of nitrogens with one attached hydrogen (secondary N) is 1. The summed E-state index contributed by atoms with van der Waals surface area (Å²) in [6.07, 6.45) is 3.81. The van der Waals surface area contributed by atoms with E-state index in [1.807, 2.05) is 26.0 Å². The van der Waals surface area contributed by atoms with Crippen LogP contribution in [-0.2, 0) is 23.1 Å². The number of carbonyl (C=O) groups is 1. The third-order valence-electron chi connectivity index (χ3n) is 5.86. The van der Waals surface area contributed by atoms with E-state index in [0.29, 0.717) is 25.2 Å². The third-order valence-corrected chi connectivity index (χ3v) is 7.92. The molecular weight excluding hydrogens is 410 g/mol. The standard InChI is InChI=1S/C24H33N3O3S/c1-3-27(4-2)31(29,30)23-14-12-20(13-15-23)24(28)25-18-21-10-6-7-11-22(21)19-26-16-8-5-9-17-26/h6-7,10-15H,3-5,8-9,16-19H2,1-2H3,(H,25,28). The normalized spacial score (nSPS) is 15.2. The van der Waals surface area contributed by atoms with Gasteiger partial charge >= 0.3 is 0 Å². The molecule has 6 nitrogen and oxygen atoms in total. The predicted molar refractivity (Wildman–Crippen MR) is 123 cm³/mol. The van der Waals surface area contributed by atoms with E-state index in [1.165, 1.54) is 41.3 Å². The second kappa shape index (κ2) is 10.9. The molecule has 1 N–H and O–H groups in total. The van der Waals surface area contributed by atoms with Gasteiger partial charge in [-0.05, 0) is 61.3 Å². The van der Waals surface area contributed by atoms with Gasteiger partial charge in [-0.1, -0.05) is 44.5 Å². The first-order valence-electron chi connectivity index (χ1n) is 11.1. The molecule has 1 heterocycles. The maximum absolute atomic E-state index is 12.6. The van der Waals surface area contributed by atoms with Crippen LogP contribution < -0.4 is 5.32 Å². The number of nitrogens with zero attached hydrogens (tertiary/aromatic N) is 2. The molecule has 0 saturated carbocycles. The highest BCUT2D eigenvalue weighted by Gasteiger charge is 2.21. The molecule has 1 fully saturated rings. The quantitative estimate of drug-likeness (QED) is 0.643. The van der Waals surface area contributed by atoms with Gasteiger partial charge in [0.05, 0.1) is 4.90 Å². The van der Waals surface area contributed by atoms with Crippen molar-refractivity contribution in [3.05, 3.63) is 65.2 Å². The van der Waals surface area contributed by atoms with E-state index >= 15 is 0 Å². The first kappa shape index (κ1) is 23.4. The summed E-state index contributed by atoms with van der Waals surface area (Å²) in [6, 6.07) is 14.4. The highest BCUT2D eigenvalue weighted by Crippen LogP contribution is 2.18. The highest BCUT2D eigenvalue weighted by atomic mass is 32.2. The van der Waals surface area contributed by atoms with Crippen LogP contribution in [0.5, 0.6) is 0 Å². The van der Waals surface area contributed by atoms with E-state index in [2.05, 4.69) is 22.3 Å². The Morgan fingerprint density at radius 3 is 2.16 bits per heavy atom. The van der Waals surface area contributed by atoms with Gasteiger partial charge in [-0.25, -0.2) is 8.42 Å². The number of sulfonamides is 1. The fourth-order valence-corrected chi connectivity index (χ4v) is 5.47. The number of piperidine rings is 1. The summed E-state index contributed by atoms with van der Waals surface area (Å²) >= 11 is 0. The minimum Gasteiger partial charge on any atom is -0.348 e. The largest absolute Gasteiger partial charge is 0.348 e. The molecule has 1 aliphatic heterocycles. The SMILES string of the molecule is CCN(CC)S(=O)(=O)c1ccc(C(=O)NCc2ccccc2CN2CCCCC2)cc1. The van der Waals surface area contributed by atoms with Gasteiger partial charge in [0.25, 0.3) is 5.91 Å². The smallest absolute Gasteiger partial charge is 0.251 e. The zero-order valence-corrected chi connectivity index (χ0v) is 19.3. The van der Waals surface area contributed by atoms with Crippen LogP contribution in [0.25, 0.3) is 0 Å². The molecule has 2 aromatic rings. The third kappa shape index (κ3) is 5.93. The molecular formula is C24H33N3O3S. The molecule has 0 aliphatic carbocycles. The first-order chi connectivity index (χ1) is 15.0. The molecule has 2 aromatic carbocycles. The summed E-state index contributed by atoms with van der Waals surface area (Å²) in [7, 11) is -3.52. The van der Waals surface area contributed by atoms with Crippen molar-refractivity contribution in [1.29, 1.82) is 0 Å². The molecule has 0 aromatic heterocycles. The van der Waals surface area contributed by atoms with Gasteiger partial charge < -0.3 is 5.32 Å². The van der Waals surface area contributed by atoms with Crippen molar-refractivity contribution < 1.29 is 13.2 Å². The molecule has 0 unspecified atom stereocenters. The average molecular weight is 444 g/mol. The summed E-state index contributed by atoms with van der Waals surface area (Å²) in [5, 5.41) is 2.98. The minimum absolute atomic E-state index is 0.208. The number of carbonyl (C=O) groups excluding carboxylic acids is 1. The second-order valence-electron chi connectivity index (χ2n) is 7.90. The summed E-state index contributed by atoms with van der Waals surface area (Å²) in [6.45, 7) is 8.06. The van der Waals surface area contributed by atoms with Crippen LogP contribution in [0.15, 0.2) is 53.4 Å². The zero-order valence-electron chi connectivity index (χ0n) is 18.5. The van der Waals surface area contributed by atoms with Gasteiger partial charge in [-0.15, -0.1) is 0 Å². The molecule has 31 heavy (non-hydrogen) atoms. The van der Waals surface area contributed by atoms with Gasteiger partial charge in [-0.3, -0.25) is 9.69 Å². The van der Waals surface area contributed by atoms with Gasteiger partial charge in [0.1, 0.15) is 0 Å². The van der Waals surface area contributed by atoms with Crippen molar-refractivity contribution in [3.63, 3.8) is 0 Å². The molecule has 0 radical (unpaired) electrons. The van der Waals surface area contributed by atoms with Crippen LogP contribution in [0.1, 0.15) is 54.6 Å².